The zero-order valence-electron chi connectivity index (χ0n) is 16.9. The third-order valence-corrected chi connectivity index (χ3v) is 5.49. The van der Waals surface area contributed by atoms with Gasteiger partial charge in [0.1, 0.15) is 0 Å². The molecule has 0 spiro atoms. The zero-order valence-corrected chi connectivity index (χ0v) is 16.9. The van der Waals surface area contributed by atoms with Crippen molar-refractivity contribution in [3.05, 3.63) is 65.2 Å². The van der Waals surface area contributed by atoms with Crippen molar-refractivity contribution in [2.45, 2.75) is 51.9 Å². The highest BCUT2D eigenvalue weighted by Crippen LogP contribution is 2.30. The van der Waals surface area contributed by atoms with Gasteiger partial charge in [0.15, 0.2) is 0 Å². The molecule has 1 heterocycles. The Balaban J connectivity index is 1.62. The van der Waals surface area contributed by atoms with Crippen molar-refractivity contribution in [2.24, 2.45) is 0 Å². The number of hydrogen-bond acceptors (Lipinski definition) is 2. The third kappa shape index (κ3) is 5.38. The Kier molecular flexibility index (Phi) is 6.63. The molecule has 2 aromatic carbocycles. The highest BCUT2D eigenvalue weighted by Gasteiger charge is 2.31. The molecule has 0 bridgehead atoms. The molecule has 0 atom stereocenters. The van der Waals surface area contributed by atoms with Gasteiger partial charge in [0.25, 0.3) is 0 Å². The molecular weight excluding hydrogens is 377 g/mol. The second kappa shape index (κ2) is 8.99. The van der Waals surface area contributed by atoms with Gasteiger partial charge >= 0.3 is 6.18 Å². The first kappa shape index (κ1) is 21.4. The second-order valence-electron chi connectivity index (χ2n) is 7.65. The Morgan fingerprint density at radius 3 is 2.14 bits per heavy atom. The van der Waals surface area contributed by atoms with E-state index in [1.165, 1.54) is 0 Å². The molecule has 6 heteroatoms. The molecule has 2 aromatic rings. The van der Waals surface area contributed by atoms with Gasteiger partial charge in [-0.3, -0.25) is 9.69 Å². The van der Waals surface area contributed by atoms with Gasteiger partial charge in [-0.1, -0.05) is 36.8 Å². The number of anilines is 1. The first-order chi connectivity index (χ1) is 13.8. The van der Waals surface area contributed by atoms with Crippen LogP contribution in [0.4, 0.5) is 18.9 Å². The Labute approximate surface area is 170 Å². The van der Waals surface area contributed by atoms with E-state index in [1.807, 2.05) is 43.0 Å². The summed E-state index contributed by atoms with van der Waals surface area (Å²) in [5.74, 6) is 0.120. The summed E-state index contributed by atoms with van der Waals surface area (Å²) in [6.07, 6.45) is -2.15. The van der Waals surface area contributed by atoms with Crippen molar-refractivity contribution in [3.8, 4) is 0 Å². The highest BCUT2D eigenvalue weighted by molar-refractivity contribution is 5.93. The quantitative estimate of drug-likeness (QED) is 0.664. The average Bonchev–Trinajstić information content (AvgIpc) is 2.70. The summed E-state index contributed by atoms with van der Waals surface area (Å²) in [5.41, 5.74) is 2.34. The second-order valence-corrected chi connectivity index (χ2v) is 7.65. The van der Waals surface area contributed by atoms with E-state index in [4.69, 9.17) is 0 Å². The topological polar surface area (TPSA) is 23.6 Å². The number of halogens is 3. The van der Waals surface area contributed by atoms with Crippen LogP contribution in [0.2, 0.25) is 0 Å². The van der Waals surface area contributed by atoms with Gasteiger partial charge in [0.2, 0.25) is 5.91 Å². The molecule has 3 rings (SSSR count). The van der Waals surface area contributed by atoms with Crippen molar-refractivity contribution < 1.29 is 18.0 Å². The van der Waals surface area contributed by atoms with Crippen LogP contribution in [0.3, 0.4) is 0 Å². The first-order valence-corrected chi connectivity index (χ1v) is 10.0. The number of amides is 1. The molecule has 1 aliphatic rings. The number of nitrogens with zero attached hydrogens (tertiary/aromatic N) is 2. The van der Waals surface area contributed by atoms with Gasteiger partial charge in [-0.2, -0.15) is 13.2 Å². The number of benzene rings is 2. The van der Waals surface area contributed by atoms with Crippen LogP contribution < -0.4 is 4.90 Å². The third-order valence-electron chi connectivity index (χ3n) is 5.49. The molecule has 1 fully saturated rings. The summed E-state index contributed by atoms with van der Waals surface area (Å²) in [7, 11) is 0. The van der Waals surface area contributed by atoms with Gasteiger partial charge in [-0.05, 0) is 49.6 Å². The molecule has 0 unspecified atom stereocenters. The summed E-state index contributed by atoms with van der Waals surface area (Å²) in [5, 5.41) is 0. The van der Waals surface area contributed by atoms with Crippen LogP contribution in [0.5, 0.6) is 0 Å². The van der Waals surface area contributed by atoms with E-state index >= 15 is 0 Å². The monoisotopic (exact) mass is 404 g/mol. The fourth-order valence-corrected chi connectivity index (χ4v) is 3.83. The lowest BCUT2D eigenvalue weighted by Gasteiger charge is -2.38. The minimum Gasteiger partial charge on any atom is -0.309 e. The van der Waals surface area contributed by atoms with Crippen molar-refractivity contribution in [3.63, 3.8) is 0 Å². The van der Waals surface area contributed by atoms with Crippen LogP contribution in [0.15, 0.2) is 48.5 Å². The summed E-state index contributed by atoms with van der Waals surface area (Å²) in [6.45, 7) is 6.14. The minimum absolute atomic E-state index is 0.120. The molecule has 0 radical (unpaired) electrons. The number of alkyl halides is 3. The highest BCUT2D eigenvalue weighted by atomic mass is 19.4. The Morgan fingerprint density at radius 1 is 1.03 bits per heavy atom. The first-order valence-electron chi connectivity index (χ1n) is 10.0. The molecule has 1 saturated heterocycles. The summed E-state index contributed by atoms with van der Waals surface area (Å²) in [6, 6.07) is 13.6. The van der Waals surface area contributed by atoms with E-state index in [-0.39, 0.29) is 11.9 Å². The molecule has 3 nitrogen and oxygen atoms in total. The summed E-state index contributed by atoms with van der Waals surface area (Å²) in [4.78, 5) is 16.8. The fraction of sp³-hybridized carbons (Fsp3) is 0.435. The molecule has 29 heavy (non-hydrogen) atoms. The number of carbonyl (C=O) groups is 1. The van der Waals surface area contributed by atoms with Crippen molar-refractivity contribution in [1.82, 2.24) is 4.90 Å². The molecule has 1 amide bonds. The average molecular weight is 404 g/mol. The molecule has 0 saturated carbocycles. The van der Waals surface area contributed by atoms with E-state index in [2.05, 4.69) is 4.90 Å². The SMILES string of the molecule is CCC(=O)N(c1ccc(C)cc1)C1CCN(Cc2ccc(C(F)(F)F)cc2)CC1. The van der Waals surface area contributed by atoms with Crippen LogP contribution in [-0.2, 0) is 17.5 Å². The lowest BCUT2D eigenvalue weighted by atomic mass is 10.0. The maximum absolute atomic E-state index is 12.7. The van der Waals surface area contributed by atoms with Gasteiger partial charge in [0.05, 0.1) is 5.56 Å². The van der Waals surface area contributed by atoms with E-state index in [1.54, 1.807) is 12.1 Å². The lowest BCUT2D eigenvalue weighted by Crippen LogP contribution is -2.47. The Bertz CT molecular complexity index is 808. The number of aryl methyl sites for hydroxylation is 1. The number of rotatable bonds is 5. The van der Waals surface area contributed by atoms with Crippen molar-refractivity contribution >= 4 is 11.6 Å². The summed E-state index contributed by atoms with van der Waals surface area (Å²) >= 11 is 0. The predicted octanol–water partition coefficient (Wildman–Crippen LogP) is 5.42. The van der Waals surface area contributed by atoms with E-state index in [0.717, 1.165) is 54.9 Å². The lowest BCUT2D eigenvalue weighted by molar-refractivity contribution is -0.137. The minimum atomic E-state index is -4.30. The van der Waals surface area contributed by atoms with E-state index in [9.17, 15) is 18.0 Å². The van der Waals surface area contributed by atoms with E-state index < -0.39 is 11.7 Å². The van der Waals surface area contributed by atoms with E-state index in [0.29, 0.717) is 13.0 Å². The molecule has 1 aliphatic heterocycles. The Hall–Kier alpha value is -2.34. The summed E-state index contributed by atoms with van der Waals surface area (Å²) < 4.78 is 38.1. The van der Waals surface area contributed by atoms with Crippen LogP contribution in [-0.4, -0.2) is 29.9 Å². The van der Waals surface area contributed by atoms with Crippen LogP contribution in [0, 0.1) is 6.92 Å². The largest absolute Gasteiger partial charge is 0.416 e. The number of hydrogen-bond donors (Lipinski definition) is 0. The fourth-order valence-electron chi connectivity index (χ4n) is 3.83. The maximum Gasteiger partial charge on any atom is 0.416 e. The standard InChI is InChI=1S/C23H27F3N2O/c1-3-22(29)28(20-10-4-17(2)5-11-20)21-12-14-27(15-13-21)16-18-6-8-19(9-7-18)23(24,25)26/h4-11,21H,3,12-16H2,1-2H3. The normalized spacial score (nSPS) is 16.0. The van der Waals surface area contributed by atoms with Gasteiger partial charge in [0, 0.05) is 37.8 Å². The molecule has 0 N–H and O–H groups in total. The predicted molar refractivity (Wildman–Crippen MR) is 109 cm³/mol. The molecule has 156 valence electrons. The maximum atomic E-state index is 12.7. The van der Waals surface area contributed by atoms with Crippen molar-refractivity contribution in [1.29, 1.82) is 0 Å². The molecular formula is C23H27F3N2O. The van der Waals surface area contributed by atoms with Crippen LogP contribution in [0.25, 0.3) is 0 Å². The van der Waals surface area contributed by atoms with Gasteiger partial charge in [-0.25, -0.2) is 0 Å². The zero-order chi connectivity index (χ0) is 21.0. The van der Waals surface area contributed by atoms with Crippen LogP contribution in [0.1, 0.15) is 42.9 Å². The van der Waals surface area contributed by atoms with Crippen LogP contribution >= 0.6 is 0 Å². The van der Waals surface area contributed by atoms with Gasteiger partial charge in [-0.15, -0.1) is 0 Å². The van der Waals surface area contributed by atoms with Crippen molar-refractivity contribution in [2.75, 3.05) is 18.0 Å². The smallest absolute Gasteiger partial charge is 0.309 e. The molecule has 0 aliphatic carbocycles. The Morgan fingerprint density at radius 2 is 1.62 bits per heavy atom. The van der Waals surface area contributed by atoms with Gasteiger partial charge < -0.3 is 4.90 Å². The number of piperidine rings is 1. The number of carbonyl (C=O) groups excluding carboxylic acids is 1. The molecule has 0 aromatic heterocycles. The number of likely N-dealkylation sites (tertiary alicyclic amines) is 1.